The number of methoxy groups -OCH3 is 1. The van der Waals surface area contributed by atoms with Crippen molar-refractivity contribution in [2.24, 2.45) is 4.99 Å². The number of anilines is 1. The Morgan fingerprint density at radius 2 is 1.69 bits per heavy atom. The molecule has 4 rings (SSSR count). The predicted molar refractivity (Wildman–Crippen MR) is 120 cm³/mol. The van der Waals surface area contributed by atoms with Gasteiger partial charge in [0.2, 0.25) is 0 Å². The van der Waals surface area contributed by atoms with Crippen molar-refractivity contribution < 1.29 is 42.8 Å². The Morgan fingerprint density at radius 3 is 2.31 bits per heavy atom. The van der Waals surface area contributed by atoms with Crippen molar-refractivity contribution >= 4 is 22.6 Å². The van der Waals surface area contributed by atoms with E-state index in [1.165, 1.54) is 7.11 Å². The topological polar surface area (TPSA) is 147 Å². The molecule has 0 atom stereocenters. The summed E-state index contributed by atoms with van der Waals surface area (Å²) in [5, 5.41) is 1.80. The van der Waals surface area contributed by atoms with Crippen LogP contribution in [0.4, 0.5) is 5.69 Å². The summed E-state index contributed by atoms with van der Waals surface area (Å²) in [4.78, 5) is 19.0. The highest BCUT2D eigenvalue weighted by atomic mass is 35.7. The van der Waals surface area contributed by atoms with E-state index in [-0.39, 0.29) is 5.97 Å². The summed E-state index contributed by atoms with van der Waals surface area (Å²) < 4.78 is 45.3. The number of esters is 1. The molecule has 0 N–H and O–H groups in total. The number of fused-ring (bicyclic) bond motifs is 2. The highest BCUT2D eigenvalue weighted by Gasteiger charge is 2.21. The molecule has 0 aromatic heterocycles. The standard InChI is InChI=1S/C25H24N2O3.ClHO4/c1-5-26-16-10-12-20-22(14-16)30-23-15-17(27(2)3)11-13-21(23)24(20)18-8-6-7-9-19(18)25(28)29-4;2-1(3,4)5/h6-15H,5H2,1-4H3;(H,2,3,4,5)/p-1. The molecule has 0 saturated heterocycles. The number of carbonyl (C=O) groups excluding carboxylic acids is 1. The lowest BCUT2D eigenvalue weighted by atomic mass is 9.90. The van der Waals surface area contributed by atoms with Crippen LogP contribution in [0, 0.1) is 10.2 Å². The molecule has 1 aliphatic heterocycles. The molecule has 0 unspecified atom stereocenters. The first kappa shape index (κ1) is 26.1. The molecule has 0 amide bonds. The number of carbonyl (C=O) groups is 1. The van der Waals surface area contributed by atoms with Crippen molar-refractivity contribution in [3.05, 3.63) is 71.6 Å². The number of nitrogens with zero attached hydrogens (tertiary/aromatic N) is 2. The highest BCUT2D eigenvalue weighted by Crippen LogP contribution is 2.41. The van der Waals surface area contributed by atoms with Crippen molar-refractivity contribution in [3.63, 3.8) is 0 Å². The second-order valence-corrected chi connectivity index (χ2v) is 8.38. The van der Waals surface area contributed by atoms with Gasteiger partial charge in [-0.2, -0.15) is 0 Å². The smallest absolute Gasteiger partial charge is 0.338 e. The van der Waals surface area contributed by atoms with Crippen molar-refractivity contribution in [2.75, 3.05) is 32.6 Å². The van der Waals surface area contributed by atoms with Crippen LogP contribution in [0.2, 0.25) is 0 Å². The second-order valence-electron chi connectivity index (χ2n) is 7.62. The molecule has 2 aliphatic rings. The van der Waals surface area contributed by atoms with Gasteiger partial charge in [0.05, 0.1) is 18.0 Å². The average molecular weight is 500 g/mol. The Morgan fingerprint density at radius 1 is 1.00 bits per heavy atom. The monoisotopic (exact) mass is 499 g/mol. The molecule has 0 radical (unpaired) electrons. The molecular weight excluding hydrogens is 476 g/mol. The van der Waals surface area contributed by atoms with Gasteiger partial charge < -0.3 is 14.1 Å². The highest BCUT2D eigenvalue weighted by molar-refractivity contribution is 6.08. The minimum absolute atomic E-state index is 0.366. The summed E-state index contributed by atoms with van der Waals surface area (Å²) in [6.07, 6.45) is 0. The van der Waals surface area contributed by atoms with E-state index in [0.717, 1.165) is 44.5 Å². The lowest BCUT2D eigenvalue weighted by Crippen LogP contribution is -2.68. The van der Waals surface area contributed by atoms with Crippen LogP contribution >= 0.6 is 0 Å². The summed E-state index contributed by atoms with van der Waals surface area (Å²) in [7, 11) is 0.444. The summed E-state index contributed by atoms with van der Waals surface area (Å²) >= 11 is 0. The molecule has 9 nitrogen and oxygen atoms in total. The van der Waals surface area contributed by atoms with Gasteiger partial charge in [-0.25, -0.2) is 23.4 Å². The second kappa shape index (κ2) is 10.9. The minimum Gasteiger partial charge on any atom is -0.465 e. The Bertz CT molecular complexity index is 1370. The molecule has 0 spiro atoms. The van der Waals surface area contributed by atoms with E-state index in [0.29, 0.717) is 12.1 Å². The molecule has 2 aromatic rings. The van der Waals surface area contributed by atoms with Gasteiger partial charge in [-0.15, -0.1) is 10.2 Å². The number of hydrogen-bond donors (Lipinski definition) is 0. The van der Waals surface area contributed by atoms with Gasteiger partial charge in [0.25, 0.3) is 0 Å². The molecule has 0 saturated carbocycles. The maximum Gasteiger partial charge on any atom is 0.338 e. The van der Waals surface area contributed by atoms with Crippen LogP contribution in [0.1, 0.15) is 17.3 Å². The van der Waals surface area contributed by atoms with Gasteiger partial charge >= 0.3 is 5.97 Å². The lowest BCUT2D eigenvalue weighted by Gasteiger charge is -2.19. The lowest BCUT2D eigenvalue weighted by molar-refractivity contribution is -2.00. The van der Waals surface area contributed by atoms with Crippen LogP contribution in [0.5, 0.6) is 0 Å². The van der Waals surface area contributed by atoms with Gasteiger partial charge in [0, 0.05) is 55.0 Å². The van der Waals surface area contributed by atoms with Crippen molar-refractivity contribution in [2.45, 2.75) is 6.92 Å². The van der Waals surface area contributed by atoms with E-state index in [1.54, 1.807) is 6.07 Å². The Labute approximate surface area is 204 Å². The van der Waals surface area contributed by atoms with E-state index in [2.05, 4.69) is 11.1 Å². The molecule has 0 bridgehead atoms. The SMILES string of the molecule is CCN=c1ccc2c(-c3ccccc3C(=O)OC)c3ccc(N(C)C)cc3oc-2c1.[O-][Cl+3]([O-])([O-])[O-]. The zero-order valence-corrected chi connectivity index (χ0v) is 20.4. The van der Waals surface area contributed by atoms with E-state index in [9.17, 15) is 4.79 Å². The summed E-state index contributed by atoms with van der Waals surface area (Å²) in [5.74, 6) is 0.359. The van der Waals surface area contributed by atoms with Crippen LogP contribution in [0.3, 0.4) is 0 Å². The molecular formula is C25H24ClN2O7-. The van der Waals surface area contributed by atoms with Crippen LogP contribution < -0.4 is 28.9 Å². The first-order valence-corrected chi connectivity index (χ1v) is 11.7. The first-order valence-electron chi connectivity index (χ1n) is 10.5. The first-order chi connectivity index (χ1) is 16.5. The van der Waals surface area contributed by atoms with Crippen molar-refractivity contribution in [1.82, 2.24) is 0 Å². The third-order valence-electron chi connectivity index (χ3n) is 5.15. The largest absolute Gasteiger partial charge is 0.465 e. The Kier molecular flexibility index (Phi) is 8.11. The van der Waals surface area contributed by atoms with E-state index >= 15 is 0 Å². The number of ether oxygens (including phenoxy) is 1. The van der Waals surface area contributed by atoms with E-state index < -0.39 is 10.2 Å². The third-order valence-corrected chi connectivity index (χ3v) is 5.15. The summed E-state index contributed by atoms with van der Waals surface area (Å²) in [6, 6.07) is 19.6. The van der Waals surface area contributed by atoms with Crippen LogP contribution in [-0.2, 0) is 4.74 Å². The normalized spacial score (nSPS) is 11.8. The predicted octanol–water partition coefficient (Wildman–Crippen LogP) is 0.222. The van der Waals surface area contributed by atoms with Crippen LogP contribution in [-0.4, -0.2) is 33.7 Å². The van der Waals surface area contributed by atoms with E-state index in [1.807, 2.05) is 74.4 Å². The fourth-order valence-corrected chi connectivity index (χ4v) is 3.71. The zero-order chi connectivity index (χ0) is 25.8. The average Bonchev–Trinajstić information content (AvgIpc) is 2.80. The number of benzene rings is 3. The fraction of sp³-hybridized carbons (Fsp3) is 0.200. The maximum atomic E-state index is 12.5. The molecule has 0 fully saturated rings. The third kappa shape index (κ3) is 6.36. The van der Waals surface area contributed by atoms with E-state index in [4.69, 9.17) is 27.8 Å². The summed E-state index contributed by atoms with van der Waals surface area (Å²) in [6.45, 7) is 2.70. The maximum absolute atomic E-state index is 12.5. The number of hydrogen-bond acceptors (Lipinski definition) is 9. The van der Waals surface area contributed by atoms with Crippen LogP contribution in [0.25, 0.3) is 33.4 Å². The van der Waals surface area contributed by atoms with Gasteiger partial charge in [-0.05, 0) is 42.8 Å². The Hall–Kier alpha value is -3.47. The van der Waals surface area contributed by atoms with Crippen LogP contribution in [0.15, 0.2) is 70.1 Å². The van der Waals surface area contributed by atoms with Gasteiger partial charge in [-0.3, -0.25) is 4.99 Å². The molecule has 1 heterocycles. The number of rotatable bonds is 4. The molecule has 2 aromatic carbocycles. The molecule has 184 valence electrons. The quantitative estimate of drug-likeness (QED) is 0.286. The van der Waals surface area contributed by atoms with Crippen molar-refractivity contribution in [3.8, 4) is 22.5 Å². The zero-order valence-electron chi connectivity index (χ0n) is 19.6. The van der Waals surface area contributed by atoms with Gasteiger partial charge in [0.15, 0.2) is 0 Å². The summed E-state index contributed by atoms with van der Waals surface area (Å²) in [5.41, 5.74) is 4.98. The molecule has 1 aliphatic carbocycles. The minimum atomic E-state index is -4.94. The van der Waals surface area contributed by atoms with Crippen molar-refractivity contribution in [1.29, 1.82) is 0 Å². The molecule has 35 heavy (non-hydrogen) atoms. The fourth-order valence-electron chi connectivity index (χ4n) is 3.71. The number of halogens is 1. The van der Waals surface area contributed by atoms with Gasteiger partial charge in [0.1, 0.15) is 11.3 Å². The van der Waals surface area contributed by atoms with Gasteiger partial charge in [-0.1, -0.05) is 18.2 Å². The Balaban J connectivity index is 0.000000623. The molecule has 10 heteroatoms.